The fourth-order valence-corrected chi connectivity index (χ4v) is 4.47. The molecule has 11 heteroatoms. The van der Waals surface area contributed by atoms with Crippen LogP contribution in [0.15, 0.2) is 35.6 Å². The molecule has 2 aromatic heterocycles. The summed E-state index contributed by atoms with van der Waals surface area (Å²) < 4.78 is 53.6. The molecule has 3 rings (SSSR count). The average Bonchev–Trinajstić information content (AvgIpc) is 2.82. The third-order valence-corrected chi connectivity index (χ3v) is 6.07. The molecule has 2 heterocycles. The summed E-state index contributed by atoms with van der Waals surface area (Å²) in [6.45, 7) is 2.03. The molecule has 0 unspecified atom stereocenters. The van der Waals surface area contributed by atoms with E-state index in [-0.39, 0.29) is 53.4 Å². The molecule has 0 radical (unpaired) electrons. The van der Waals surface area contributed by atoms with Gasteiger partial charge in [0, 0.05) is 36.0 Å². The fraction of sp³-hybridized carbons (Fsp3) is 0.292. The van der Waals surface area contributed by atoms with Crippen molar-refractivity contribution in [2.24, 2.45) is 10.7 Å². The van der Waals surface area contributed by atoms with Gasteiger partial charge in [-0.3, -0.25) is 4.99 Å². The molecule has 0 amide bonds. The number of aromatic nitrogens is 2. The zero-order valence-electron chi connectivity index (χ0n) is 19.4. The molecule has 0 saturated heterocycles. The second kappa shape index (κ2) is 11.3. The molecule has 35 heavy (non-hydrogen) atoms. The van der Waals surface area contributed by atoms with Crippen molar-refractivity contribution in [1.29, 1.82) is 0 Å². The number of hydrogen-bond acceptors (Lipinski definition) is 7. The minimum atomic E-state index is -1.06. The van der Waals surface area contributed by atoms with Gasteiger partial charge < -0.3 is 20.5 Å². The number of nitrogens with one attached hydrogen (secondary N) is 1. The van der Waals surface area contributed by atoms with E-state index in [1.807, 2.05) is 6.92 Å². The van der Waals surface area contributed by atoms with E-state index in [0.29, 0.717) is 5.17 Å². The van der Waals surface area contributed by atoms with Crippen LogP contribution in [0.2, 0.25) is 0 Å². The van der Waals surface area contributed by atoms with E-state index < -0.39 is 22.2 Å². The van der Waals surface area contributed by atoms with Crippen LogP contribution in [-0.2, 0) is 11.2 Å². The Balaban J connectivity index is 1.97. The number of anilines is 2. The summed E-state index contributed by atoms with van der Waals surface area (Å²) in [7, 11) is 3.05. The van der Waals surface area contributed by atoms with Crippen molar-refractivity contribution in [3.8, 4) is 18.1 Å². The van der Waals surface area contributed by atoms with Crippen LogP contribution < -0.4 is 15.8 Å². The first-order valence-electron chi connectivity index (χ1n) is 10.4. The number of halogens is 3. The van der Waals surface area contributed by atoms with Gasteiger partial charge in [0.05, 0.1) is 19.0 Å². The summed E-state index contributed by atoms with van der Waals surface area (Å²) in [6.07, 6.45) is 7.64. The summed E-state index contributed by atoms with van der Waals surface area (Å²) in [5.41, 5.74) is 6.33. The zero-order chi connectivity index (χ0) is 25.6. The molecular formula is C24H24F3N5O2S. The van der Waals surface area contributed by atoms with Gasteiger partial charge in [-0.1, -0.05) is 17.7 Å². The molecular weight excluding hydrogens is 479 g/mol. The lowest BCUT2D eigenvalue weighted by Crippen LogP contribution is -2.33. The minimum Gasteiger partial charge on any atom is -0.479 e. The molecule has 0 aliphatic carbocycles. The Morgan fingerprint density at radius 3 is 2.69 bits per heavy atom. The molecule has 184 valence electrons. The van der Waals surface area contributed by atoms with Gasteiger partial charge in [0.1, 0.15) is 17.9 Å². The SMILES string of the molecule is C#CCOc1cnc2c(Nc3cc(F)c(F)c(C[C@](C)(COC)SC(N)=NC)c3)ncc(F)c2c1. The molecule has 1 atom stereocenters. The predicted octanol–water partition coefficient (Wildman–Crippen LogP) is 4.43. The number of terminal acetylenes is 1. The van der Waals surface area contributed by atoms with Crippen LogP contribution in [0.5, 0.6) is 5.75 Å². The van der Waals surface area contributed by atoms with E-state index in [2.05, 4.69) is 26.2 Å². The van der Waals surface area contributed by atoms with Crippen LogP contribution in [0.4, 0.5) is 24.7 Å². The van der Waals surface area contributed by atoms with E-state index in [0.717, 1.165) is 12.3 Å². The molecule has 3 N–H and O–H groups in total. The molecule has 0 aliphatic rings. The van der Waals surface area contributed by atoms with E-state index >= 15 is 0 Å². The van der Waals surface area contributed by atoms with Crippen molar-refractivity contribution < 1.29 is 22.6 Å². The lowest BCUT2D eigenvalue weighted by molar-refractivity contribution is 0.173. The lowest BCUT2D eigenvalue weighted by Gasteiger charge is -2.28. The second-order valence-electron chi connectivity index (χ2n) is 7.79. The summed E-state index contributed by atoms with van der Waals surface area (Å²) in [6, 6.07) is 3.88. The number of hydrogen-bond donors (Lipinski definition) is 2. The number of nitrogens with two attached hydrogens (primary N) is 1. The van der Waals surface area contributed by atoms with Gasteiger partial charge in [0.15, 0.2) is 28.4 Å². The Morgan fingerprint density at radius 1 is 1.23 bits per heavy atom. The van der Waals surface area contributed by atoms with Gasteiger partial charge in [0.25, 0.3) is 0 Å². The summed E-state index contributed by atoms with van der Waals surface area (Å²) in [4.78, 5) is 12.2. The van der Waals surface area contributed by atoms with Crippen molar-refractivity contribution >= 4 is 39.3 Å². The van der Waals surface area contributed by atoms with Crippen LogP contribution in [0.3, 0.4) is 0 Å². The summed E-state index contributed by atoms with van der Waals surface area (Å²) in [5, 5.41) is 3.32. The Labute approximate surface area is 205 Å². The largest absolute Gasteiger partial charge is 0.479 e. The number of ether oxygens (including phenoxy) is 2. The maximum atomic E-state index is 14.7. The van der Waals surface area contributed by atoms with Crippen LogP contribution in [0.1, 0.15) is 12.5 Å². The monoisotopic (exact) mass is 503 g/mol. The molecule has 0 aliphatic heterocycles. The second-order valence-corrected chi connectivity index (χ2v) is 9.40. The normalized spacial score (nSPS) is 13.3. The van der Waals surface area contributed by atoms with Gasteiger partial charge in [0.2, 0.25) is 0 Å². The number of fused-ring (bicyclic) bond motifs is 1. The topological polar surface area (TPSA) is 94.6 Å². The number of benzene rings is 1. The van der Waals surface area contributed by atoms with E-state index in [4.69, 9.17) is 21.6 Å². The number of amidine groups is 1. The van der Waals surface area contributed by atoms with Crippen LogP contribution >= 0.6 is 11.8 Å². The Kier molecular flexibility index (Phi) is 8.43. The third-order valence-electron chi connectivity index (χ3n) is 4.93. The van der Waals surface area contributed by atoms with E-state index in [1.54, 1.807) is 7.05 Å². The van der Waals surface area contributed by atoms with Crippen LogP contribution in [0, 0.1) is 29.8 Å². The summed E-state index contributed by atoms with van der Waals surface area (Å²) >= 11 is 1.21. The molecule has 0 spiro atoms. The highest BCUT2D eigenvalue weighted by Crippen LogP contribution is 2.33. The summed E-state index contributed by atoms with van der Waals surface area (Å²) in [5.74, 6) is 0.0769. The first-order chi connectivity index (χ1) is 16.7. The van der Waals surface area contributed by atoms with Gasteiger partial charge in [-0.2, -0.15) is 0 Å². The number of aliphatic imine (C=N–C) groups is 1. The lowest BCUT2D eigenvalue weighted by atomic mass is 9.99. The molecule has 0 bridgehead atoms. The number of thioether (sulfide) groups is 1. The van der Waals surface area contributed by atoms with Gasteiger partial charge in [-0.25, -0.2) is 23.1 Å². The first kappa shape index (κ1) is 26.1. The van der Waals surface area contributed by atoms with Gasteiger partial charge in [-0.15, -0.1) is 6.42 Å². The van der Waals surface area contributed by atoms with Gasteiger partial charge >= 0.3 is 0 Å². The molecule has 0 saturated carbocycles. The molecule has 1 aromatic carbocycles. The van der Waals surface area contributed by atoms with Crippen molar-refractivity contribution in [3.05, 3.63) is 53.6 Å². The molecule has 3 aromatic rings. The Bertz CT molecular complexity index is 1300. The molecule has 7 nitrogen and oxygen atoms in total. The smallest absolute Gasteiger partial charge is 0.162 e. The number of pyridine rings is 2. The number of rotatable bonds is 9. The highest BCUT2D eigenvalue weighted by Gasteiger charge is 2.29. The maximum Gasteiger partial charge on any atom is 0.162 e. The first-order valence-corrected chi connectivity index (χ1v) is 11.2. The van der Waals surface area contributed by atoms with Crippen LogP contribution in [-0.4, -0.2) is 47.3 Å². The minimum absolute atomic E-state index is 0.00132. The number of nitrogens with zero attached hydrogens (tertiary/aromatic N) is 3. The van der Waals surface area contributed by atoms with Crippen molar-refractivity contribution in [1.82, 2.24) is 9.97 Å². The Hall–Kier alpha value is -3.49. The quantitative estimate of drug-likeness (QED) is 0.253. The predicted molar refractivity (Wildman–Crippen MR) is 133 cm³/mol. The van der Waals surface area contributed by atoms with Gasteiger partial charge in [-0.05, 0) is 31.0 Å². The standard InChI is InChI=1S/C24H24F3N5O2S/c1-5-6-34-16-9-17-19(26)12-31-22(21(17)30-11-16)32-15-7-14(20(27)18(25)8-15)10-24(2,13-33-4)35-23(28)29-3/h1,7-9,11-12H,6,10,13H2,2-4H3,(H2,28,29)(H,31,32)/t24-/m1/s1. The van der Waals surface area contributed by atoms with Crippen molar-refractivity contribution in [2.75, 3.05) is 32.7 Å². The van der Waals surface area contributed by atoms with Crippen LogP contribution in [0.25, 0.3) is 10.9 Å². The highest BCUT2D eigenvalue weighted by molar-refractivity contribution is 8.15. The maximum absolute atomic E-state index is 14.7. The third kappa shape index (κ3) is 6.35. The number of methoxy groups -OCH3 is 1. The highest BCUT2D eigenvalue weighted by atomic mass is 32.2. The zero-order valence-corrected chi connectivity index (χ0v) is 20.2. The average molecular weight is 504 g/mol. The van der Waals surface area contributed by atoms with E-state index in [1.165, 1.54) is 37.2 Å². The Morgan fingerprint density at radius 2 is 2.00 bits per heavy atom. The van der Waals surface area contributed by atoms with Crippen molar-refractivity contribution in [2.45, 2.75) is 18.1 Å². The molecule has 0 fully saturated rings. The van der Waals surface area contributed by atoms with Crippen molar-refractivity contribution in [3.63, 3.8) is 0 Å². The van der Waals surface area contributed by atoms with E-state index in [9.17, 15) is 13.2 Å². The fourth-order valence-electron chi connectivity index (χ4n) is 3.47.